The van der Waals surface area contributed by atoms with E-state index in [1.165, 1.54) is 0 Å². The van der Waals surface area contributed by atoms with Gasteiger partial charge in [0.2, 0.25) is 0 Å². The highest BCUT2D eigenvalue weighted by molar-refractivity contribution is 6.06. The molecule has 1 aromatic carbocycles. The van der Waals surface area contributed by atoms with Crippen LogP contribution < -0.4 is 5.73 Å². The lowest BCUT2D eigenvalue weighted by molar-refractivity contribution is 0.649. The van der Waals surface area contributed by atoms with Crippen molar-refractivity contribution in [2.75, 3.05) is 5.73 Å². The molecule has 1 aliphatic heterocycles. The molecule has 0 atom stereocenters. The van der Waals surface area contributed by atoms with Gasteiger partial charge >= 0.3 is 0 Å². The number of benzene rings is 1. The summed E-state index contributed by atoms with van der Waals surface area (Å²) in [5.41, 5.74) is 12.5. The molecule has 4 aromatic rings. The summed E-state index contributed by atoms with van der Waals surface area (Å²) in [6.07, 6.45) is 6.69. The number of anilines is 1. The van der Waals surface area contributed by atoms with E-state index in [9.17, 15) is 0 Å². The van der Waals surface area contributed by atoms with E-state index in [0.29, 0.717) is 5.82 Å². The fraction of sp³-hybridized carbons (Fsp3) is 0.190. The molecule has 0 unspecified atom stereocenters. The predicted octanol–water partition coefficient (Wildman–Crippen LogP) is 4.43. The second-order valence-electron chi connectivity index (χ2n) is 6.81. The third-order valence-corrected chi connectivity index (χ3v) is 5.19. The topological polar surface area (TPSA) is 69.6 Å². The molecule has 26 heavy (non-hydrogen) atoms. The zero-order chi connectivity index (χ0) is 17.7. The fourth-order valence-corrected chi connectivity index (χ4v) is 3.99. The zero-order valence-corrected chi connectivity index (χ0v) is 14.4. The highest BCUT2D eigenvalue weighted by Gasteiger charge is 2.25. The first kappa shape index (κ1) is 15.1. The lowest BCUT2D eigenvalue weighted by Gasteiger charge is -2.10. The van der Waals surface area contributed by atoms with Crippen molar-refractivity contribution in [3.05, 3.63) is 55.1 Å². The van der Waals surface area contributed by atoms with Gasteiger partial charge in [0.25, 0.3) is 0 Å². The zero-order valence-electron chi connectivity index (χ0n) is 14.4. The van der Waals surface area contributed by atoms with Gasteiger partial charge in [0, 0.05) is 29.3 Å². The number of allylic oxidation sites excluding steroid dienone is 1. The van der Waals surface area contributed by atoms with Crippen molar-refractivity contribution in [1.29, 1.82) is 0 Å². The molecule has 0 fully saturated rings. The molecule has 0 radical (unpaired) electrons. The Morgan fingerprint density at radius 1 is 1.08 bits per heavy atom. The number of nitrogens with two attached hydrogens (primary N) is 1. The van der Waals surface area contributed by atoms with E-state index in [-0.39, 0.29) is 0 Å². The monoisotopic (exact) mass is 341 g/mol. The Hall–Kier alpha value is -3.21. The third-order valence-electron chi connectivity index (χ3n) is 5.19. The molecule has 0 aliphatic carbocycles. The predicted molar refractivity (Wildman–Crippen MR) is 106 cm³/mol. The summed E-state index contributed by atoms with van der Waals surface area (Å²) in [6.45, 7) is 5.28. The lowest BCUT2D eigenvalue weighted by Crippen LogP contribution is -2.01. The summed E-state index contributed by atoms with van der Waals surface area (Å²) in [5, 5.41) is 2.01. The van der Waals surface area contributed by atoms with Gasteiger partial charge in [-0.05, 0) is 37.0 Å². The Bertz CT molecular complexity index is 1170. The van der Waals surface area contributed by atoms with E-state index in [1.54, 1.807) is 6.33 Å². The van der Waals surface area contributed by atoms with Crippen LogP contribution in [0.1, 0.15) is 25.0 Å². The van der Waals surface area contributed by atoms with Gasteiger partial charge in [-0.3, -0.25) is 4.98 Å². The molecule has 5 rings (SSSR count). The van der Waals surface area contributed by atoms with Gasteiger partial charge in [-0.15, -0.1) is 0 Å². The third kappa shape index (κ3) is 2.13. The largest absolute Gasteiger partial charge is 0.383 e. The summed E-state index contributed by atoms with van der Waals surface area (Å²) < 4.78 is 2.26. The number of nitrogens with zero attached hydrogens (tertiary/aromatic N) is 4. The Labute approximate surface area is 151 Å². The Morgan fingerprint density at radius 2 is 1.96 bits per heavy atom. The first-order valence-electron chi connectivity index (χ1n) is 8.90. The number of fused-ring (bicyclic) bond motifs is 4. The maximum absolute atomic E-state index is 6.29. The summed E-state index contributed by atoms with van der Waals surface area (Å²) in [6, 6.07) is 10.3. The molecule has 0 bridgehead atoms. The Kier molecular flexibility index (Phi) is 3.28. The van der Waals surface area contributed by atoms with E-state index in [4.69, 9.17) is 5.73 Å². The van der Waals surface area contributed by atoms with Gasteiger partial charge < -0.3 is 10.3 Å². The van der Waals surface area contributed by atoms with E-state index in [2.05, 4.69) is 38.2 Å². The number of hydrogen-bond donors (Lipinski definition) is 1. The maximum atomic E-state index is 6.29. The van der Waals surface area contributed by atoms with Crippen molar-refractivity contribution in [2.45, 2.75) is 25.8 Å². The maximum Gasteiger partial charge on any atom is 0.146 e. The smallest absolute Gasteiger partial charge is 0.146 e. The molecule has 128 valence electrons. The molecule has 1 aliphatic rings. The van der Waals surface area contributed by atoms with Crippen LogP contribution in [0.2, 0.25) is 0 Å². The van der Waals surface area contributed by atoms with Gasteiger partial charge in [-0.1, -0.05) is 24.8 Å². The summed E-state index contributed by atoms with van der Waals surface area (Å²) >= 11 is 0. The number of pyridine rings is 1. The standard InChI is InChI=1S/C21H19N5/c1-13-6-4-5-9-26-19(13)17(18-20(22)24-12-25-21(18)26)15-10-14-7-2-3-8-16(14)23-11-15/h2-3,7-8,10-12H,1,4-6,9H2,(H2,22,24,25). The summed E-state index contributed by atoms with van der Waals surface area (Å²) in [7, 11) is 0. The Morgan fingerprint density at radius 3 is 2.88 bits per heavy atom. The summed E-state index contributed by atoms with van der Waals surface area (Å²) in [4.78, 5) is 13.5. The number of nitrogen functional groups attached to an aromatic ring is 1. The number of aromatic nitrogens is 4. The molecular weight excluding hydrogens is 322 g/mol. The Balaban J connectivity index is 1.90. The van der Waals surface area contributed by atoms with Crippen molar-refractivity contribution in [1.82, 2.24) is 19.5 Å². The minimum atomic E-state index is 0.506. The van der Waals surface area contributed by atoms with Gasteiger partial charge in [0.05, 0.1) is 16.6 Å². The average molecular weight is 341 g/mol. The highest BCUT2D eigenvalue weighted by Crippen LogP contribution is 2.42. The second kappa shape index (κ2) is 5.66. The number of hydrogen-bond acceptors (Lipinski definition) is 4. The highest BCUT2D eigenvalue weighted by atomic mass is 15.1. The molecular formula is C21H19N5. The molecule has 2 N–H and O–H groups in total. The van der Waals surface area contributed by atoms with E-state index < -0.39 is 0 Å². The number of rotatable bonds is 1. The SMILES string of the molecule is C=C1CCCCn2c1c(-c1cnc3ccccc3c1)c1c(N)ncnc12. The minimum absolute atomic E-state index is 0.506. The molecule has 5 nitrogen and oxygen atoms in total. The van der Waals surface area contributed by atoms with E-state index >= 15 is 0 Å². The van der Waals surface area contributed by atoms with Crippen LogP contribution in [0.5, 0.6) is 0 Å². The van der Waals surface area contributed by atoms with Gasteiger partial charge in [-0.25, -0.2) is 9.97 Å². The van der Waals surface area contributed by atoms with Crippen LogP contribution in [0.15, 0.2) is 49.4 Å². The van der Waals surface area contributed by atoms with Crippen molar-refractivity contribution >= 4 is 33.3 Å². The first-order chi connectivity index (χ1) is 12.7. The van der Waals surface area contributed by atoms with Crippen LogP contribution in [-0.2, 0) is 6.54 Å². The van der Waals surface area contributed by atoms with E-state index in [0.717, 1.165) is 70.1 Å². The van der Waals surface area contributed by atoms with Crippen molar-refractivity contribution in [3.63, 3.8) is 0 Å². The number of para-hydroxylation sites is 1. The molecule has 5 heteroatoms. The van der Waals surface area contributed by atoms with Crippen LogP contribution in [0.25, 0.3) is 38.6 Å². The molecule has 4 heterocycles. The normalized spacial score (nSPS) is 14.5. The van der Waals surface area contributed by atoms with Gasteiger partial charge in [0.1, 0.15) is 17.8 Å². The van der Waals surface area contributed by atoms with Crippen LogP contribution in [0, 0.1) is 0 Å². The first-order valence-corrected chi connectivity index (χ1v) is 8.90. The van der Waals surface area contributed by atoms with Crippen molar-refractivity contribution in [3.8, 4) is 11.1 Å². The van der Waals surface area contributed by atoms with Crippen LogP contribution in [-0.4, -0.2) is 19.5 Å². The average Bonchev–Trinajstić information content (AvgIpc) is 2.88. The van der Waals surface area contributed by atoms with E-state index in [1.807, 2.05) is 24.4 Å². The van der Waals surface area contributed by atoms with Crippen LogP contribution in [0.4, 0.5) is 5.82 Å². The van der Waals surface area contributed by atoms with Gasteiger partial charge in [-0.2, -0.15) is 0 Å². The number of aryl methyl sites for hydroxylation is 1. The van der Waals surface area contributed by atoms with Crippen LogP contribution in [0.3, 0.4) is 0 Å². The molecule has 0 spiro atoms. The lowest BCUT2D eigenvalue weighted by atomic mass is 9.98. The quantitative estimate of drug-likeness (QED) is 0.556. The molecule has 0 saturated heterocycles. The van der Waals surface area contributed by atoms with Crippen molar-refractivity contribution < 1.29 is 0 Å². The van der Waals surface area contributed by atoms with Gasteiger partial charge in [0.15, 0.2) is 0 Å². The summed E-state index contributed by atoms with van der Waals surface area (Å²) in [5.74, 6) is 0.506. The molecule has 3 aromatic heterocycles. The van der Waals surface area contributed by atoms with Crippen molar-refractivity contribution in [2.24, 2.45) is 0 Å². The molecule has 0 amide bonds. The molecule has 0 saturated carbocycles. The van der Waals surface area contributed by atoms with Crippen LogP contribution >= 0.6 is 0 Å². The minimum Gasteiger partial charge on any atom is -0.383 e. The second-order valence-corrected chi connectivity index (χ2v) is 6.81. The fourth-order valence-electron chi connectivity index (χ4n) is 3.99.